The van der Waals surface area contributed by atoms with Gasteiger partial charge in [-0.3, -0.25) is 9.59 Å². The third-order valence-corrected chi connectivity index (χ3v) is 6.63. The molecule has 1 N–H and O–H groups in total. The van der Waals surface area contributed by atoms with Crippen molar-refractivity contribution in [3.63, 3.8) is 0 Å². The summed E-state index contributed by atoms with van der Waals surface area (Å²) in [5.41, 5.74) is 4.00. The molecule has 2 amide bonds. The summed E-state index contributed by atoms with van der Waals surface area (Å²) in [5, 5.41) is 2.74. The van der Waals surface area contributed by atoms with Crippen molar-refractivity contribution >= 4 is 32.4 Å². The molecule has 1 aliphatic rings. The normalized spacial score (nSPS) is 15.9. The van der Waals surface area contributed by atoms with Crippen LogP contribution in [0.1, 0.15) is 29.2 Å². The first-order chi connectivity index (χ1) is 13.1. The van der Waals surface area contributed by atoms with E-state index in [2.05, 4.69) is 5.32 Å². The number of sulfonamides is 1. The van der Waals surface area contributed by atoms with Gasteiger partial charge >= 0.3 is 0 Å². The molecule has 146 valence electrons. The summed E-state index contributed by atoms with van der Waals surface area (Å²) in [7, 11) is -4.09. The molecular weight excluding hydrogens is 376 g/mol. The van der Waals surface area contributed by atoms with Crippen molar-refractivity contribution in [2.75, 3.05) is 11.9 Å². The summed E-state index contributed by atoms with van der Waals surface area (Å²) in [5.74, 6) is -1.24. The van der Waals surface area contributed by atoms with Crippen LogP contribution in [-0.2, 0) is 19.6 Å². The second-order valence-corrected chi connectivity index (χ2v) is 8.76. The topological polar surface area (TPSA) is 83.6 Å². The van der Waals surface area contributed by atoms with E-state index in [1.807, 2.05) is 32.9 Å². The summed E-state index contributed by atoms with van der Waals surface area (Å²) in [6, 6.07) is 12.3. The zero-order chi connectivity index (χ0) is 20.6. The van der Waals surface area contributed by atoms with E-state index in [-0.39, 0.29) is 10.5 Å². The number of rotatable bonds is 4. The van der Waals surface area contributed by atoms with Gasteiger partial charge in [-0.15, -0.1) is 0 Å². The van der Waals surface area contributed by atoms with Gasteiger partial charge in [-0.2, -0.15) is 0 Å². The number of carbonyl (C=O) groups excluding carboxylic acids is 2. The molecule has 0 unspecified atom stereocenters. The largest absolute Gasteiger partial charge is 0.324 e. The average Bonchev–Trinajstić information content (AvgIpc) is 2.78. The molecule has 0 spiro atoms. The highest BCUT2D eigenvalue weighted by molar-refractivity contribution is 7.99. The molecule has 0 aliphatic carbocycles. The number of aryl methyl sites for hydroxylation is 3. The van der Waals surface area contributed by atoms with Gasteiger partial charge in [-0.1, -0.05) is 48.0 Å². The molecule has 0 fully saturated rings. The zero-order valence-electron chi connectivity index (χ0n) is 16.2. The molecule has 2 aromatic rings. The molecule has 2 aromatic carbocycles. The second kappa shape index (κ2) is 7.24. The third-order valence-electron chi connectivity index (χ3n) is 4.70. The molecule has 0 saturated carbocycles. The maximum Gasteiger partial charge on any atom is 0.268 e. The Morgan fingerprint density at radius 3 is 2.14 bits per heavy atom. The van der Waals surface area contributed by atoms with Crippen LogP contribution in [0.2, 0.25) is 0 Å². The van der Waals surface area contributed by atoms with Crippen molar-refractivity contribution in [3.8, 4) is 0 Å². The van der Waals surface area contributed by atoms with Crippen LogP contribution in [0.15, 0.2) is 48.0 Å². The minimum atomic E-state index is -4.09. The molecular formula is C21H22N2O4S. The van der Waals surface area contributed by atoms with Gasteiger partial charge in [0.25, 0.3) is 15.9 Å². The number of benzene rings is 2. The average molecular weight is 398 g/mol. The summed E-state index contributed by atoms with van der Waals surface area (Å²) < 4.78 is 26.5. The Morgan fingerprint density at radius 1 is 1.00 bits per heavy atom. The Balaban J connectivity index is 1.86. The van der Waals surface area contributed by atoms with Crippen molar-refractivity contribution in [1.82, 2.24) is 4.31 Å². The molecule has 0 atom stereocenters. The van der Waals surface area contributed by atoms with E-state index in [1.54, 1.807) is 30.3 Å². The molecule has 0 radical (unpaired) electrons. The Hall–Kier alpha value is -2.93. The minimum Gasteiger partial charge on any atom is -0.324 e. The lowest BCUT2D eigenvalue weighted by molar-refractivity contribution is -0.126. The van der Waals surface area contributed by atoms with E-state index < -0.39 is 28.4 Å². The van der Waals surface area contributed by atoms with Crippen LogP contribution in [0.25, 0.3) is 4.91 Å². The first-order valence-electron chi connectivity index (χ1n) is 8.84. The summed E-state index contributed by atoms with van der Waals surface area (Å²) in [6.07, 6.45) is 0. The Bertz CT molecular complexity index is 1080. The fourth-order valence-electron chi connectivity index (χ4n) is 3.50. The van der Waals surface area contributed by atoms with Gasteiger partial charge in [-0.25, -0.2) is 12.7 Å². The quantitative estimate of drug-likeness (QED) is 0.858. The van der Waals surface area contributed by atoms with Gasteiger partial charge in [0.05, 0.1) is 0 Å². The lowest BCUT2D eigenvalue weighted by Gasteiger charge is -2.18. The lowest BCUT2D eigenvalue weighted by atomic mass is 10.1. The van der Waals surface area contributed by atoms with Crippen LogP contribution >= 0.6 is 0 Å². The molecule has 28 heavy (non-hydrogen) atoms. The van der Waals surface area contributed by atoms with Gasteiger partial charge in [0.2, 0.25) is 5.91 Å². The van der Waals surface area contributed by atoms with Crippen molar-refractivity contribution in [2.45, 2.75) is 27.7 Å². The van der Waals surface area contributed by atoms with Crippen LogP contribution in [0.3, 0.4) is 0 Å². The van der Waals surface area contributed by atoms with Gasteiger partial charge in [0, 0.05) is 11.3 Å². The Morgan fingerprint density at radius 2 is 1.57 bits per heavy atom. The first kappa shape index (κ1) is 19.8. The number of carbonyl (C=O) groups is 2. The number of nitrogens with zero attached hydrogens (tertiary/aromatic N) is 1. The van der Waals surface area contributed by atoms with Gasteiger partial charge < -0.3 is 5.32 Å². The van der Waals surface area contributed by atoms with E-state index in [1.165, 1.54) is 6.92 Å². The van der Waals surface area contributed by atoms with Crippen LogP contribution in [-0.4, -0.2) is 31.1 Å². The van der Waals surface area contributed by atoms with E-state index in [0.717, 1.165) is 16.7 Å². The number of amides is 2. The fourth-order valence-corrected chi connectivity index (χ4v) is 5.27. The highest BCUT2D eigenvalue weighted by Crippen LogP contribution is 2.35. The smallest absolute Gasteiger partial charge is 0.268 e. The third kappa shape index (κ3) is 3.45. The molecule has 0 aromatic heterocycles. The molecule has 0 saturated heterocycles. The number of hydrogen-bond donors (Lipinski definition) is 1. The van der Waals surface area contributed by atoms with Gasteiger partial charge in [0.15, 0.2) is 0 Å². The van der Waals surface area contributed by atoms with E-state index in [4.69, 9.17) is 0 Å². The van der Waals surface area contributed by atoms with Gasteiger partial charge in [0.1, 0.15) is 11.4 Å². The number of nitrogens with one attached hydrogen (secondary N) is 1. The molecule has 0 bridgehead atoms. The predicted octanol–water partition coefficient (Wildman–Crippen LogP) is 3.15. The van der Waals surface area contributed by atoms with Crippen LogP contribution in [0.4, 0.5) is 5.69 Å². The Kier molecular flexibility index (Phi) is 5.12. The Labute approximate surface area is 164 Å². The SMILES string of the molecule is CC1=C(c2ccccc2)S(=O)(=O)N(CC(=O)Nc2c(C)cc(C)cc2C)C1=O. The van der Waals surface area contributed by atoms with Crippen molar-refractivity contribution in [2.24, 2.45) is 0 Å². The zero-order valence-corrected chi connectivity index (χ0v) is 17.1. The number of anilines is 1. The minimum absolute atomic E-state index is 0.0476. The summed E-state index contributed by atoms with van der Waals surface area (Å²) >= 11 is 0. The standard InChI is InChI=1S/C21H22N2O4S/c1-13-10-14(2)19(15(3)11-13)22-18(24)12-23-21(25)16(4)20(28(23,26)27)17-8-6-5-7-9-17/h5-11H,12H2,1-4H3,(H,22,24). The van der Waals surface area contributed by atoms with Crippen LogP contribution in [0, 0.1) is 20.8 Å². The maximum absolute atomic E-state index is 12.9. The number of hydrogen-bond acceptors (Lipinski definition) is 4. The molecule has 3 rings (SSSR count). The van der Waals surface area contributed by atoms with Gasteiger partial charge in [-0.05, 0) is 44.4 Å². The predicted molar refractivity (Wildman–Crippen MR) is 109 cm³/mol. The van der Waals surface area contributed by atoms with E-state index in [9.17, 15) is 18.0 Å². The summed E-state index contributed by atoms with van der Waals surface area (Å²) in [6.45, 7) is 6.59. The van der Waals surface area contributed by atoms with Crippen LogP contribution < -0.4 is 5.32 Å². The monoisotopic (exact) mass is 398 g/mol. The molecule has 7 heteroatoms. The molecule has 1 aliphatic heterocycles. The maximum atomic E-state index is 12.9. The summed E-state index contributed by atoms with van der Waals surface area (Å²) in [4.78, 5) is 25.1. The molecule has 1 heterocycles. The van der Waals surface area contributed by atoms with Crippen molar-refractivity contribution in [1.29, 1.82) is 0 Å². The van der Waals surface area contributed by atoms with Crippen molar-refractivity contribution in [3.05, 3.63) is 70.3 Å². The van der Waals surface area contributed by atoms with Crippen LogP contribution in [0.5, 0.6) is 0 Å². The van der Waals surface area contributed by atoms with E-state index >= 15 is 0 Å². The first-order valence-corrected chi connectivity index (χ1v) is 10.3. The highest BCUT2D eigenvalue weighted by Gasteiger charge is 2.43. The van der Waals surface area contributed by atoms with E-state index in [0.29, 0.717) is 15.6 Å². The van der Waals surface area contributed by atoms with Crippen molar-refractivity contribution < 1.29 is 18.0 Å². The second-order valence-electron chi connectivity index (χ2n) is 6.96. The molecule has 6 nitrogen and oxygen atoms in total. The fraction of sp³-hybridized carbons (Fsp3) is 0.238. The lowest BCUT2D eigenvalue weighted by Crippen LogP contribution is -2.38. The highest BCUT2D eigenvalue weighted by atomic mass is 32.2.